The summed E-state index contributed by atoms with van der Waals surface area (Å²) in [4.78, 5) is 10.7. The van der Waals surface area contributed by atoms with Crippen molar-refractivity contribution >= 4 is 28.2 Å². The molecular formula is C8H10N2O4S. The summed E-state index contributed by atoms with van der Waals surface area (Å²) in [6.45, 7) is 1.60. The Bertz CT molecular complexity index is 474. The van der Waals surface area contributed by atoms with Crippen LogP contribution in [0.25, 0.3) is 0 Å². The summed E-state index contributed by atoms with van der Waals surface area (Å²) in [7, 11) is -2.84. The van der Waals surface area contributed by atoms with Gasteiger partial charge in [-0.25, -0.2) is 13.2 Å². The van der Waals surface area contributed by atoms with E-state index in [0.29, 0.717) is 5.56 Å². The van der Waals surface area contributed by atoms with Gasteiger partial charge in [-0.1, -0.05) is 0 Å². The number of thiol groups is 1. The molecule has 0 amide bonds. The van der Waals surface area contributed by atoms with Crippen LogP contribution in [0.2, 0.25) is 0 Å². The largest absolute Gasteiger partial charge is 0.478 e. The third-order valence-corrected chi connectivity index (χ3v) is 2.33. The number of aromatic carboxylic acids is 1. The number of rotatable bonds is 3. The van der Waals surface area contributed by atoms with E-state index in [9.17, 15) is 13.2 Å². The van der Waals surface area contributed by atoms with Gasteiger partial charge in [0.2, 0.25) is 10.9 Å². The van der Waals surface area contributed by atoms with Crippen molar-refractivity contribution in [3.63, 3.8) is 0 Å². The highest BCUT2D eigenvalue weighted by atomic mass is 32.2. The van der Waals surface area contributed by atoms with Crippen LogP contribution in [0.1, 0.15) is 15.9 Å². The van der Waals surface area contributed by atoms with Gasteiger partial charge in [-0.15, -0.1) is 0 Å². The highest BCUT2D eigenvalue weighted by Crippen LogP contribution is 2.23. The van der Waals surface area contributed by atoms with Gasteiger partial charge >= 0.3 is 5.97 Å². The highest BCUT2D eigenvalue weighted by molar-refractivity contribution is 7.73. The molecule has 0 saturated heterocycles. The van der Waals surface area contributed by atoms with E-state index in [4.69, 9.17) is 10.8 Å². The van der Waals surface area contributed by atoms with Crippen molar-refractivity contribution in [1.29, 1.82) is 0 Å². The average molecular weight is 230 g/mol. The van der Waals surface area contributed by atoms with Crippen LogP contribution in [0.15, 0.2) is 12.1 Å². The lowest BCUT2D eigenvalue weighted by atomic mass is 10.1. The summed E-state index contributed by atoms with van der Waals surface area (Å²) in [5.74, 6) is -1.16. The first kappa shape index (κ1) is 11.3. The van der Waals surface area contributed by atoms with Gasteiger partial charge in [0, 0.05) is 5.69 Å². The molecule has 0 fully saturated rings. The molecule has 0 heterocycles. The van der Waals surface area contributed by atoms with Crippen LogP contribution in [0, 0.1) is 6.92 Å². The van der Waals surface area contributed by atoms with Gasteiger partial charge in [0.1, 0.15) is 0 Å². The number of benzene rings is 1. The molecule has 0 unspecified atom stereocenters. The fraction of sp³-hybridized carbons (Fsp3) is 0.125. The molecule has 6 nitrogen and oxygen atoms in total. The molecule has 1 rings (SSSR count). The lowest BCUT2D eigenvalue weighted by Crippen LogP contribution is -2.05. The lowest BCUT2D eigenvalue weighted by molar-refractivity contribution is 0.0697. The molecule has 1 aromatic carbocycles. The van der Waals surface area contributed by atoms with Gasteiger partial charge < -0.3 is 10.8 Å². The molecule has 0 saturated carbocycles. The number of hydrogen-bond acceptors (Lipinski definition) is 4. The molecule has 0 spiro atoms. The van der Waals surface area contributed by atoms with Crippen molar-refractivity contribution in [2.24, 2.45) is 0 Å². The van der Waals surface area contributed by atoms with E-state index in [0.717, 1.165) is 0 Å². The van der Waals surface area contributed by atoms with E-state index in [2.05, 4.69) is 4.72 Å². The van der Waals surface area contributed by atoms with Crippen LogP contribution >= 0.6 is 0 Å². The van der Waals surface area contributed by atoms with Crippen LogP contribution in [0.3, 0.4) is 0 Å². The van der Waals surface area contributed by atoms with Crippen LogP contribution < -0.4 is 10.5 Å². The normalized spacial score (nSPS) is 10.3. The number of nitrogen functional groups attached to an aromatic ring is 1. The predicted molar refractivity (Wildman–Crippen MR) is 56.5 cm³/mol. The summed E-state index contributed by atoms with van der Waals surface area (Å²) in [5, 5.41) is 8.72. The molecular weight excluding hydrogens is 220 g/mol. The van der Waals surface area contributed by atoms with E-state index in [1.807, 2.05) is 0 Å². The molecule has 15 heavy (non-hydrogen) atoms. The zero-order valence-electron chi connectivity index (χ0n) is 7.85. The van der Waals surface area contributed by atoms with Crippen LogP contribution in [0.4, 0.5) is 11.4 Å². The predicted octanol–water partition coefficient (Wildman–Crippen LogP) is 0.214. The molecule has 0 aromatic heterocycles. The Hall–Kier alpha value is -1.76. The van der Waals surface area contributed by atoms with E-state index in [1.54, 1.807) is 6.92 Å². The Morgan fingerprint density at radius 2 is 2.07 bits per heavy atom. The molecule has 0 bridgehead atoms. The number of hydrogen-bond donors (Lipinski definition) is 4. The third kappa shape index (κ3) is 2.59. The lowest BCUT2D eigenvalue weighted by Gasteiger charge is -2.08. The number of nitrogens with two attached hydrogens (primary N) is 1. The van der Waals surface area contributed by atoms with Gasteiger partial charge in [0.15, 0.2) is 0 Å². The summed E-state index contributed by atoms with van der Waals surface area (Å²) >= 11 is 0. The zero-order chi connectivity index (χ0) is 11.6. The zero-order valence-corrected chi connectivity index (χ0v) is 8.75. The molecule has 0 aliphatic heterocycles. The SMILES string of the molecule is Cc1c(N)cc(C(=O)O)cc1N[SH](=O)=O. The maximum atomic E-state index is 10.7. The van der Waals surface area contributed by atoms with Gasteiger partial charge in [-0.05, 0) is 24.6 Å². The first-order valence-electron chi connectivity index (χ1n) is 3.96. The smallest absolute Gasteiger partial charge is 0.335 e. The number of carboxylic acid groups (broad SMARTS) is 1. The van der Waals surface area contributed by atoms with Crippen molar-refractivity contribution in [2.45, 2.75) is 6.92 Å². The van der Waals surface area contributed by atoms with E-state index in [-0.39, 0.29) is 16.9 Å². The minimum Gasteiger partial charge on any atom is -0.478 e. The molecule has 0 atom stereocenters. The summed E-state index contributed by atoms with van der Waals surface area (Å²) < 4.78 is 23.0. The van der Waals surface area contributed by atoms with E-state index < -0.39 is 16.9 Å². The first-order valence-corrected chi connectivity index (χ1v) is 5.14. The quantitative estimate of drug-likeness (QED) is 0.438. The molecule has 4 N–H and O–H groups in total. The van der Waals surface area contributed by atoms with Gasteiger partial charge in [0.05, 0.1) is 11.3 Å². The molecule has 82 valence electrons. The van der Waals surface area contributed by atoms with Crippen molar-refractivity contribution in [1.82, 2.24) is 0 Å². The van der Waals surface area contributed by atoms with Crippen LogP contribution in [-0.4, -0.2) is 19.5 Å². The molecule has 1 aromatic rings. The molecule has 0 aliphatic rings. The highest BCUT2D eigenvalue weighted by Gasteiger charge is 2.09. The Labute approximate surface area is 87.8 Å². The summed E-state index contributed by atoms with van der Waals surface area (Å²) in [5.41, 5.74) is 6.39. The molecule has 0 radical (unpaired) electrons. The Morgan fingerprint density at radius 3 is 2.53 bits per heavy atom. The van der Waals surface area contributed by atoms with Gasteiger partial charge in [-0.3, -0.25) is 4.72 Å². The van der Waals surface area contributed by atoms with E-state index in [1.165, 1.54) is 12.1 Å². The van der Waals surface area contributed by atoms with Crippen LogP contribution in [0.5, 0.6) is 0 Å². The first-order chi connectivity index (χ1) is 6.91. The monoisotopic (exact) mass is 230 g/mol. The number of nitrogens with one attached hydrogen (secondary N) is 1. The molecule has 0 aliphatic carbocycles. The second-order valence-corrected chi connectivity index (χ2v) is 3.65. The molecule has 7 heteroatoms. The van der Waals surface area contributed by atoms with Gasteiger partial charge in [0.25, 0.3) is 0 Å². The Morgan fingerprint density at radius 1 is 1.47 bits per heavy atom. The number of carbonyl (C=O) groups is 1. The maximum Gasteiger partial charge on any atom is 0.335 e. The van der Waals surface area contributed by atoms with Crippen LogP contribution in [-0.2, 0) is 10.9 Å². The van der Waals surface area contributed by atoms with Crippen molar-refractivity contribution in [2.75, 3.05) is 10.5 Å². The third-order valence-electron chi connectivity index (χ3n) is 1.91. The Balaban J connectivity index is 3.30. The summed E-state index contributed by atoms with van der Waals surface area (Å²) in [6.07, 6.45) is 0. The standard InChI is InChI=1S/C8H10N2O4S/c1-4-6(9)2-5(8(11)12)3-7(4)10-15(13)14/h2-3,15H,9H2,1H3,(H,11,12)(H,10,13,14). The van der Waals surface area contributed by atoms with Crippen molar-refractivity contribution < 1.29 is 18.3 Å². The summed E-state index contributed by atoms with van der Waals surface area (Å²) in [6, 6.07) is 2.50. The Kier molecular flexibility index (Phi) is 3.15. The topological polar surface area (TPSA) is 109 Å². The minimum absolute atomic E-state index is 0.0579. The van der Waals surface area contributed by atoms with Crippen molar-refractivity contribution in [3.8, 4) is 0 Å². The fourth-order valence-corrected chi connectivity index (χ4v) is 1.50. The number of anilines is 2. The number of carboxylic acids is 1. The second kappa shape index (κ2) is 4.18. The minimum atomic E-state index is -2.84. The van der Waals surface area contributed by atoms with Gasteiger partial charge in [-0.2, -0.15) is 0 Å². The fourth-order valence-electron chi connectivity index (χ4n) is 1.07. The average Bonchev–Trinajstić information content (AvgIpc) is 2.11. The van der Waals surface area contributed by atoms with Crippen molar-refractivity contribution in [3.05, 3.63) is 23.3 Å². The van der Waals surface area contributed by atoms with E-state index >= 15 is 0 Å². The second-order valence-electron chi connectivity index (χ2n) is 2.91. The maximum absolute atomic E-state index is 10.7.